The second-order valence-corrected chi connectivity index (χ2v) is 5.49. The van der Waals surface area contributed by atoms with E-state index in [0.717, 1.165) is 23.7 Å². The third kappa shape index (κ3) is 3.14. The summed E-state index contributed by atoms with van der Waals surface area (Å²) < 4.78 is 1.97. The maximum Gasteiger partial charge on any atom is 0.148 e. The van der Waals surface area contributed by atoms with Crippen LogP contribution in [-0.4, -0.2) is 16.3 Å². The normalized spacial score (nSPS) is 13.4. The molecule has 0 aliphatic carbocycles. The summed E-state index contributed by atoms with van der Waals surface area (Å²) in [4.78, 5) is 0. The Morgan fingerprint density at radius 2 is 1.82 bits per heavy atom. The van der Waals surface area contributed by atoms with E-state index in [2.05, 4.69) is 45.0 Å². The molecule has 1 unspecified atom stereocenters. The standard InChI is InChI=1S/C13H26N4/c1-8(2)10(5)7-15-13-12(14)11(6)16-17(13)9(3)4/h8-10,15H,7,14H2,1-6H3. The first-order chi connectivity index (χ1) is 7.84. The molecule has 0 amide bonds. The molecule has 0 radical (unpaired) electrons. The fourth-order valence-electron chi connectivity index (χ4n) is 1.60. The lowest BCUT2D eigenvalue weighted by atomic mass is 9.98. The molecule has 0 fully saturated rings. The second-order valence-electron chi connectivity index (χ2n) is 5.49. The zero-order valence-corrected chi connectivity index (χ0v) is 11.9. The van der Waals surface area contributed by atoms with Crippen molar-refractivity contribution in [2.24, 2.45) is 11.8 Å². The summed E-state index contributed by atoms with van der Waals surface area (Å²) in [6.45, 7) is 13.8. The summed E-state index contributed by atoms with van der Waals surface area (Å²) in [6.07, 6.45) is 0. The van der Waals surface area contributed by atoms with Crippen molar-refractivity contribution in [2.45, 2.75) is 47.6 Å². The number of nitrogens with two attached hydrogens (primary N) is 1. The molecule has 3 N–H and O–H groups in total. The summed E-state index contributed by atoms with van der Waals surface area (Å²) in [5, 5.41) is 7.90. The van der Waals surface area contributed by atoms with Gasteiger partial charge in [0.1, 0.15) is 5.82 Å². The van der Waals surface area contributed by atoms with Gasteiger partial charge in [-0.15, -0.1) is 0 Å². The van der Waals surface area contributed by atoms with Crippen molar-refractivity contribution >= 4 is 11.5 Å². The molecule has 1 rings (SSSR count). The molecule has 0 aromatic carbocycles. The van der Waals surface area contributed by atoms with Crippen molar-refractivity contribution in [1.29, 1.82) is 0 Å². The molecule has 0 saturated heterocycles. The summed E-state index contributed by atoms with van der Waals surface area (Å²) in [5.41, 5.74) is 7.73. The number of aryl methyl sites for hydroxylation is 1. The van der Waals surface area contributed by atoms with Gasteiger partial charge in [-0.1, -0.05) is 20.8 Å². The van der Waals surface area contributed by atoms with Gasteiger partial charge in [0.15, 0.2) is 0 Å². The quantitative estimate of drug-likeness (QED) is 0.829. The Hall–Kier alpha value is -1.19. The van der Waals surface area contributed by atoms with E-state index in [9.17, 15) is 0 Å². The van der Waals surface area contributed by atoms with Crippen molar-refractivity contribution in [3.05, 3.63) is 5.69 Å². The lowest BCUT2D eigenvalue weighted by molar-refractivity contribution is 0.436. The van der Waals surface area contributed by atoms with Gasteiger partial charge >= 0.3 is 0 Å². The first-order valence-electron chi connectivity index (χ1n) is 6.43. The maximum absolute atomic E-state index is 6.06. The van der Waals surface area contributed by atoms with Gasteiger partial charge in [0.25, 0.3) is 0 Å². The fourth-order valence-corrected chi connectivity index (χ4v) is 1.60. The van der Waals surface area contributed by atoms with Crippen LogP contribution in [0.5, 0.6) is 0 Å². The van der Waals surface area contributed by atoms with Gasteiger partial charge in [-0.2, -0.15) is 5.10 Å². The molecule has 0 aliphatic rings. The molecule has 4 heteroatoms. The Morgan fingerprint density at radius 1 is 1.24 bits per heavy atom. The molecule has 17 heavy (non-hydrogen) atoms. The highest BCUT2D eigenvalue weighted by Crippen LogP contribution is 2.26. The van der Waals surface area contributed by atoms with E-state index in [1.807, 2.05) is 11.6 Å². The van der Waals surface area contributed by atoms with Gasteiger partial charge in [-0.05, 0) is 32.6 Å². The van der Waals surface area contributed by atoms with Crippen LogP contribution in [-0.2, 0) is 0 Å². The lowest BCUT2D eigenvalue weighted by Gasteiger charge is -2.19. The minimum absolute atomic E-state index is 0.322. The van der Waals surface area contributed by atoms with Crippen LogP contribution in [0.15, 0.2) is 0 Å². The highest BCUT2D eigenvalue weighted by Gasteiger charge is 2.15. The molecule has 98 valence electrons. The van der Waals surface area contributed by atoms with Gasteiger partial charge in [-0.25, -0.2) is 4.68 Å². The van der Waals surface area contributed by atoms with Crippen LogP contribution in [0.2, 0.25) is 0 Å². The molecule has 0 saturated carbocycles. The molecule has 1 heterocycles. The number of hydrogen-bond donors (Lipinski definition) is 2. The fraction of sp³-hybridized carbons (Fsp3) is 0.769. The molecule has 1 atom stereocenters. The third-order valence-electron chi connectivity index (χ3n) is 3.35. The zero-order valence-electron chi connectivity index (χ0n) is 11.9. The van der Waals surface area contributed by atoms with E-state index in [-0.39, 0.29) is 0 Å². The Bertz CT molecular complexity index is 366. The monoisotopic (exact) mass is 238 g/mol. The molecule has 4 nitrogen and oxygen atoms in total. The zero-order chi connectivity index (χ0) is 13.2. The molecular formula is C13H26N4. The van der Waals surface area contributed by atoms with Gasteiger partial charge in [0, 0.05) is 12.6 Å². The number of aromatic nitrogens is 2. The predicted molar refractivity (Wildman–Crippen MR) is 74.3 cm³/mol. The Morgan fingerprint density at radius 3 is 2.29 bits per heavy atom. The maximum atomic E-state index is 6.06. The Balaban J connectivity index is 2.83. The Kier molecular flexibility index (Phi) is 4.43. The Labute approximate surface area is 105 Å². The largest absolute Gasteiger partial charge is 0.394 e. The third-order valence-corrected chi connectivity index (χ3v) is 3.35. The van der Waals surface area contributed by atoms with Crippen molar-refractivity contribution < 1.29 is 0 Å². The van der Waals surface area contributed by atoms with Crippen LogP contribution in [0.3, 0.4) is 0 Å². The summed E-state index contributed by atoms with van der Waals surface area (Å²) >= 11 is 0. The topological polar surface area (TPSA) is 55.9 Å². The second kappa shape index (κ2) is 5.43. The van der Waals surface area contributed by atoms with Crippen LogP contribution < -0.4 is 11.1 Å². The van der Waals surface area contributed by atoms with Crippen molar-refractivity contribution in [3.63, 3.8) is 0 Å². The van der Waals surface area contributed by atoms with E-state index >= 15 is 0 Å². The van der Waals surface area contributed by atoms with Crippen molar-refractivity contribution in [2.75, 3.05) is 17.6 Å². The van der Waals surface area contributed by atoms with Crippen molar-refractivity contribution in [1.82, 2.24) is 9.78 Å². The average molecular weight is 238 g/mol. The average Bonchev–Trinajstić information content (AvgIpc) is 2.52. The first-order valence-corrected chi connectivity index (χ1v) is 6.43. The van der Waals surface area contributed by atoms with E-state index in [0.29, 0.717) is 17.9 Å². The number of anilines is 2. The summed E-state index contributed by atoms with van der Waals surface area (Å²) in [6, 6.07) is 0.322. The number of hydrogen-bond acceptors (Lipinski definition) is 3. The van der Waals surface area contributed by atoms with Gasteiger partial charge in [0.2, 0.25) is 0 Å². The SMILES string of the molecule is Cc1nn(C(C)C)c(NCC(C)C(C)C)c1N. The number of nitrogen functional groups attached to an aromatic ring is 1. The number of nitrogens with one attached hydrogen (secondary N) is 1. The number of rotatable bonds is 5. The number of nitrogens with zero attached hydrogens (tertiary/aromatic N) is 2. The minimum atomic E-state index is 0.322. The molecule has 1 aromatic rings. The van der Waals surface area contributed by atoms with Crippen LogP contribution in [0.1, 0.15) is 46.4 Å². The molecule has 1 aromatic heterocycles. The van der Waals surface area contributed by atoms with Crippen molar-refractivity contribution in [3.8, 4) is 0 Å². The molecule has 0 spiro atoms. The molecular weight excluding hydrogens is 212 g/mol. The van der Waals surface area contributed by atoms with E-state index in [1.54, 1.807) is 0 Å². The predicted octanol–water partition coefficient (Wildman–Crippen LogP) is 3.06. The minimum Gasteiger partial charge on any atom is -0.394 e. The van der Waals surface area contributed by atoms with Crippen LogP contribution in [0.4, 0.5) is 11.5 Å². The van der Waals surface area contributed by atoms with Gasteiger partial charge in [-0.3, -0.25) is 0 Å². The highest BCUT2D eigenvalue weighted by atomic mass is 15.4. The van der Waals surface area contributed by atoms with E-state index in [1.165, 1.54) is 0 Å². The van der Waals surface area contributed by atoms with Crippen LogP contribution in [0.25, 0.3) is 0 Å². The van der Waals surface area contributed by atoms with Gasteiger partial charge < -0.3 is 11.1 Å². The molecule has 0 bridgehead atoms. The highest BCUT2D eigenvalue weighted by molar-refractivity contribution is 5.64. The summed E-state index contributed by atoms with van der Waals surface area (Å²) in [7, 11) is 0. The van der Waals surface area contributed by atoms with E-state index in [4.69, 9.17) is 5.73 Å². The van der Waals surface area contributed by atoms with Crippen LogP contribution >= 0.6 is 0 Å². The van der Waals surface area contributed by atoms with E-state index < -0.39 is 0 Å². The van der Waals surface area contributed by atoms with Crippen LogP contribution in [0, 0.1) is 18.8 Å². The van der Waals surface area contributed by atoms with Gasteiger partial charge in [0.05, 0.1) is 11.4 Å². The lowest BCUT2D eigenvalue weighted by Crippen LogP contribution is -2.19. The smallest absolute Gasteiger partial charge is 0.148 e. The summed E-state index contributed by atoms with van der Waals surface area (Å²) in [5.74, 6) is 2.25. The first kappa shape index (κ1) is 13.9. The molecule has 0 aliphatic heterocycles.